The van der Waals surface area contributed by atoms with Gasteiger partial charge < -0.3 is 25.0 Å². The fourth-order valence-corrected chi connectivity index (χ4v) is 1.92. The molecule has 3 N–H and O–H groups in total. The molecule has 1 aromatic heterocycles. The van der Waals surface area contributed by atoms with Crippen molar-refractivity contribution in [2.75, 3.05) is 26.3 Å². The Labute approximate surface area is 145 Å². The summed E-state index contributed by atoms with van der Waals surface area (Å²) in [6.45, 7) is 1.54. The molecule has 0 saturated carbocycles. The van der Waals surface area contributed by atoms with E-state index in [4.69, 9.17) is 26.2 Å². The average molecular weight is 354 g/mol. The summed E-state index contributed by atoms with van der Waals surface area (Å²) in [6, 6.07) is 10.4. The molecule has 2 rings (SSSR count). The summed E-state index contributed by atoms with van der Waals surface area (Å²) in [5, 5.41) is 29.5. The van der Waals surface area contributed by atoms with Crippen LogP contribution in [0, 0.1) is 0 Å². The van der Waals surface area contributed by atoms with E-state index in [0.717, 1.165) is 11.3 Å². The number of benzene rings is 1. The van der Waals surface area contributed by atoms with E-state index in [9.17, 15) is 5.11 Å². The number of hydrogen-bond donors (Lipinski definition) is 3. The predicted molar refractivity (Wildman–Crippen MR) is 89.3 cm³/mol. The molecule has 0 amide bonds. The van der Waals surface area contributed by atoms with E-state index in [0.29, 0.717) is 25.6 Å². The van der Waals surface area contributed by atoms with Crippen molar-refractivity contribution < 1.29 is 19.7 Å². The zero-order chi connectivity index (χ0) is 17.2. The minimum absolute atomic E-state index is 0.0173. The summed E-state index contributed by atoms with van der Waals surface area (Å²) < 4.78 is 10.8. The van der Waals surface area contributed by atoms with E-state index in [-0.39, 0.29) is 18.4 Å². The SMILES string of the molecule is OCc1ccc(OCCNCC(O)COc2ccc(Cl)nn2)cc1. The van der Waals surface area contributed by atoms with Crippen molar-refractivity contribution in [1.29, 1.82) is 0 Å². The number of aromatic nitrogens is 2. The molecule has 8 heteroatoms. The molecular weight excluding hydrogens is 334 g/mol. The van der Waals surface area contributed by atoms with Crippen LogP contribution in [0.4, 0.5) is 0 Å². The molecule has 0 aliphatic heterocycles. The van der Waals surface area contributed by atoms with Gasteiger partial charge in [0.2, 0.25) is 5.88 Å². The van der Waals surface area contributed by atoms with Crippen molar-refractivity contribution in [3.63, 3.8) is 0 Å². The van der Waals surface area contributed by atoms with E-state index in [1.807, 2.05) is 12.1 Å². The number of nitrogens with zero attached hydrogens (tertiary/aromatic N) is 2. The minimum Gasteiger partial charge on any atom is -0.492 e. The number of halogens is 1. The number of nitrogens with one attached hydrogen (secondary N) is 1. The van der Waals surface area contributed by atoms with Gasteiger partial charge in [0.05, 0.1) is 6.61 Å². The maximum absolute atomic E-state index is 9.81. The van der Waals surface area contributed by atoms with Crippen LogP contribution >= 0.6 is 11.6 Å². The lowest BCUT2D eigenvalue weighted by Crippen LogP contribution is -2.33. The Morgan fingerprint density at radius 1 is 1.08 bits per heavy atom. The van der Waals surface area contributed by atoms with Crippen molar-refractivity contribution in [1.82, 2.24) is 15.5 Å². The topological polar surface area (TPSA) is 96.7 Å². The highest BCUT2D eigenvalue weighted by Gasteiger charge is 2.06. The van der Waals surface area contributed by atoms with Gasteiger partial charge in [0.25, 0.3) is 0 Å². The predicted octanol–water partition coefficient (Wildman–Crippen LogP) is 1.03. The van der Waals surface area contributed by atoms with Crippen LogP contribution in [-0.4, -0.2) is 52.8 Å². The van der Waals surface area contributed by atoms with Gasteiger partial charge in [-0.3, -0.25) is 0 Å². The fraction of sp³-hybridized carbons (Fsp3) is 0.375. The molecule has 7 nitrogen and oxygen atoms in total. The monoisotopic (exact) mass is 353 g/mol. The van der Waals surface area contributed by atoms with E-state index < -0.39 is 6.10 Å². The summed E-state index contributed by atoms with van der Waals surface area (Å²) in [4.78, 5) is 0. The first-order valence-electron chi connectivity index (χ1n) is 7.51. The van der Waals surface area contributed by atoms with E-state index >= 15 is 0 Å². The summed E-state index contributed by atoms with van der Waals surface area (Å²) in [6.07, 6.45) is -0.675. The van der Waals surface area contributed by atoms with Gasteiger partial charge in [0.15, 0.2) is 5.15 Å². The van der Waals surface area contributed by atoms with Gasteiger partial charge in [0, 0.05) is 19.2 Å². The number of ether oxygens (including phenoxy) is 2. The van der Waals surface area contributed by atoms with Crippen molar-refractivity contribution in [2.45, 2.75) is 12.7 Å². The molecule has 0 saturated heterocycles. The van der Waals surface area contributed by atoms with Crippen LogP contribution in [0.3, 0.4) is 0 Å². The minimum atomic E-state index is -0.675. The molecule has 1 atom stereocenters. The largest absolute Gasteiger partial charge is 0.492 e. The number of aliphatic hydroxyl groups excluding tert-OH is 2. The van der Waals surface area contributed by atoms with Crippen LogP contribution in [0.2, 0.25) is 5.15 Å². The Morgan fingerprint density at radius 3 is 2.54 bits per heavy atom. The second kappa shape index (κ2) is 10.0. The first kappa shape index (κ1) is 18.4. The van der Waals surface area contributed by atoms with Crippen LogP contribution in [0.5, 0.6) is 11.6 Å². The molecule has 0 aliphatic rings. The Morgan fingerprint density at radius 2 is 1.88 bits per heavy atom. The standard InChI is InChI=1S/C16H20ClN3O4/c17-15-5-6-16(20-19-15)24-11-13(22)9-18-7-8-23-14-3-1-12(10-21)2-4-14/h1-6,13,18,21-22H,7-11H2. The number of rotatable bonds is 10. The molecule has 0 radical (unpaired) electrons. The Balaban J connectivity index is 1.55. The fourth-order valence-electron chi connectivity index (χ4n) is 1.82. The highest BCUT2D eigenvalue weighted by atomic mass is 35.5. The second-order valence-electron chi connectivity index (χ2n) is 5.01. The third-order valence-electron chi connectivity index (χ3n) is 3.06. The Bertz CT molecular complexity index is 595. The van der Waals surface area contributed by atoms with Crippen LogP contribution < -0.4 is 14.8 Å². The van der Waals surface area contributed by atoms with Crippen molar-refractivity contribution in [2.24, 2.45) is 0 Å². The first-order valence-corrected chi connectivity index (χ1v) is 7.88. The molecule has 0 spiro atoms. The quantitative estimate of drug-likeness (QED) is 0.549. The van der Waals surface area contributed by atoms with E-state index in [1.54, 1.807) is 24.3 Å². The van der Waals surface area contributed by atoms with Crippen molar-refractivity contribution in [3.05, 3.63) is 47.1 Å². The number of hydrogen-bond acceptors (Lipinski definition) is 7. The molecule has 0 bridgehead atoms. The second-order valence-corrected chi connectivity index (χ2v) is 5.40. The smallest absolute Gasteiger partial charge is 0.233 e. The van der Waals surface area contributed by atoms with Crippen molar-refractivity contribution in [3.8, 4) is 11.6 Å². The Hall–Kier alpha value is -1.93. The lowest BCUT2D eigenvalue weighted by molar-refractivity contribution is 0.102. The van der Waals surface area contributed by atoms with Crippen LogP contribution in [0.1, 0.15) is 5.56 Å². The van der Waals surface area contributed by atoms with Crippen molar-refractivity contribution >= 4 is 11.6 Å². The summed E-state index contributed by atoms with van der Waals surface area (Å²) in [5.74, 6) is 1.05. The maximum atomic E-state index is 9.81. The van der Waals surface area contributed by atoms with Gasteiger partial charge in [-0.15, -0.1) is 10.2 Å². The Kier molecular flexibility index (Phi) is 7.70. The lowest BCUT2D eigenvalue weighted by Gasteiger charge is -2.13. The normalized spacial score (nSPS) is 12.0. The third kappa shape index (κ3) is 6.67. The third-order valence-corrected chi connectivity index (χ3v) is 3.27. The molecule has 1 unspecified atom stereocenters. The van der Waals surface area contributed by atoms with Crippen LogP contribution in [0.25, 0.3) is 0 Å². The van der Waals surface area contributed by atoms with Gasteiger partial charge in [-0.2, -0.15) is 0 Å². The van der Waals surface area contributed by atoms with Gasteiger partial charge in [-0.1, -0.05) is 23.7 Å². The molecule has 0 aliphatic carbocycles. The summed E-state index contributed by atoms with van der Waals surface area (Å²) in [5.41, 5.74) is 0.842. The first-order chi connectivity index (χ1) is 11.7. The highest BCUT2D eigenvalue weighted by molar-refractivity contribution is 6.29. The molecule has 1 heterocycles. The average Bonchev–Trinajstić information content (AvgIpc) is 2.61. The van der Waals surface area contributed by atoms with Gasteiger partial charge in [-0.05, 0) is 23.8 Å². The summed E-state index contributed by atoms with van der Waals surface area (Å²) >= 11 is 5.62. The molecule has 0 fully saturated rings. The van der Waals surface area contributed by atoms with E-state index in [1.165, 1.54) is 0 Å². The number of aliphatic hydroxyl groups is 2. The maximum Gasteiger partial charge on any atom is 0.233 e. The molecule has 2 aromatic rings. The van der Waals surface area contributed by atoms with Gasteiger partial charge >= 0.3 is 0 Å². The van der Waals surface area contributed by atoms with E-state index in [2.05, 4.69) is 15.5 Å². The zero-order valence-electron chi connectivity index (χ0n) is 13.1. The molecular formula is C16H20ClN3O4. The molecule has 24 heavy (non-hydrogen) atoms. The lowest BCUT2D eigenvalue weighted by atomic mass is 10.2. The summed E-state index contributed by atoms with van der Waals surface area (Å²) in [7, 11) is 0. The molecule has 1 aromatic carbocycles. The highest BCUT2D eigenvalue weighted by Crippen LogP contribution is 2.11. The van der Waals surface area contributed by atoms with Gasteiger partial charge in [-0.25, -0.2) is 0 Å². The van der Waals surface area contributed by atoms with Gasteiger partial charge in [0.1, 0.15) is 25.1 Å². The van der Waals surface area contributed by atoms with Crippen LogP contribution in [0.15, 0.2) is 36.4 Å². The molecule has 130 valence electrons. The van der Waals surface area contributed by atoms with Crippen LogP contribution in [-0.2, 0) is 6.61 Å². The zero-order valence-corrected chi connectivity index (χ0v) is 13.8.